The van der Waals surface area contributed by atoms with Gasteiger partial charge in [-0.3, -0.25) is 9.59 Å². The molecule has 0 bridgehead atoms. The summed E-state index contributed by atoms with van der Waals surface area (Å²) in [4.78, 5) is 22.0. The van der Waals surface area contributed by atoms with Gasteiger partial charge in [-0.25, -0.2) is 0 Å². The van der Waals surface area contributed by atoms with Gasteiger partial charge in [0.2, 0.25) is 0 Å². The Morgan fingerprint density at radius 2 is 1.15 bits per heavy atom. The van der Waals surface area contributed by atoms with E-state index in [4.69, 9.17) is 0 Å². The van der Waals surface area contributed by atoms with Crippen LogP contribution in [0.1, 0.15) is 0 Å². The average Bonchev–Trinajstić information content (AvgIpc) is 2.38. The van der Waals surface area contributed by atoms with Gasteiger partial charge in [0.1, 0.15) is 0 Å². The van der Waals surface area contributed by atoms with Crippen LogP contribution in [0.25, 0.3) is 0 Å². The quantitative estimate of drug-likeness (QED) is 0.456. The normalized spacial score (nSPS) is 12.1. The SMILES string of the molecule is COCCNC(=O)C(F)(F)C(F)(F)C(=O)NCCOC. The van der Waals surface area contributed by atoms with Crippen molar-refractivity contribution in [1.82, 2.24) is 10.6 Å². The van der Waals surface area contributed by atoms with Crippen LogP contribution in [0.2, 0.25) is 0 Å². The number of alkyl halides is 4. The lowest BCUT2D eigenvalue weighted by molar-refractivity contribution is -0.211. The molecule has 0 aliphatic carbocycles. The predicted molar refractivity (Wildman–Crippen MR) is 59.7 cm³/mol. The van der Waals surface area contributed by atoms with Crippen LogP contribution >= 0.6 is 0 Å². The van der Waals surface area contributed by atoms with Crippen LogP contribution in [-0.4, -0.2) is 64.2 Å². The molecule has 118 valence electrons. The Bertz CT molecular complexity index is 307. The van der Waals surface area contributed by atoms with Crippen molar-refractivity contribution in [3.05, 3.63) is 0 Å². The van der Waals surface area contributed by atoms with E-state index in [2.05, 4.69) is 9.47 Å². The van der Waals surface area contributed by atoms with Crippen molar-refractivity contribution < 1.29 is 36.6 Å². The highest BCUT2D eigenvalue weighted by molar-refractivity contribution is 5.95. The molecule has 2 amide bonds. The smallest absolute Gasteiger partial charge is 0.383 e. The minimum absolute atomic E-state index is 0.132. The van der Waals surface area contributed by atoms with Gasteiger partial charge in [-0.05, 0) is 0 Å². The molecule has 10 heteroatoms. The Balaban J connectivity index is 4.68. The lowest BCUT2D eigenvalue weighted by Crippen LogP contribution is -2.59. The maximum atomic E-state index is 13.3. The zero-order valence-corrected chi connectivity index (χ0v) is 11.0. The highest BCUT2D eigenvalue weighted by Crippen LogP contribution is 2.34. The summed E-state index contributed by atoms with van der Waals surface area (Å²) in [6.45, 7) is -1.03. The van der Waals surface area contributed by atoms with Crippen molar-refractivity contribution in [3.63, 3.8) is 0 Å². The van der Waals surface area contributed by atoms with E-state index < -0.39 is 23.7 Å². The van der Waals surface area contributed by atoms with Gasteiger partial charge in [-0.15, -0.1) is 0 Å². The van der Waals surface area contributed by atoms with Gasteiger partial charge in [0.15, 0.2) is 0 Å². The summed E-state index contributed by atoms with van der Waals surface area (Å²) < 4.78 is 62.1. The van der Waals surface area contributed by atoms with Crippen molar-refractivity contribution in [3.8, 4) is 0 Å². The van der Waals surface area contributed by atoms with E-state index in [0.29, 0.717) is 0 Å². The molecular formula is C10H16F4N2O4. The molecule has 0 fully saturated rings. The van der Waals surface area contributed by atoms with Crippen LogP contribution in [-0.2, 0) is 19.1 Å². The van der Waals surface area contributed by atoms with Crippen molar-refractivity contribution in [1.29, 1.82) is 0 Å². The summed E-state index contributed by atoms with van der Waals surface area (Å²) in [6.07, 6.45) is 0. The highest BCUT2D eigenvalue weighted by atomic mass is 19.3. The Hall–Kier alpha value is -1.42. The second kappa shape index (κ2) is 8.00. The van der Waals surface area contributed by atoms with Crippen molar-refractivity contribution in [2.45, 2.75) is 11.8 Å². The van der Waals surface area contributed by atoms with Gasteiger partial charge in [-0.2, -0.15) is 17.6 Å². The van der Waals surface area contributed by atoms with Gasteiger partial charge in [0, 0.05) is 27.3 Å². The number of halogens is 4. The Morgan fingerprint density at radius 3 is 1.40 bits per heavy atom. The number of methoxy groups -OCH3 is 2. The third-order valence-electron chi connectivity index (χ3n) is 2.15. The van der Waals surface area contributed by atoms with Crippen LogP contribution in [0.5, 0.6) is 0 Å². The molecule has 6 nitrogen and oxygen atoms in total. The van der Waals surface area contributed by atoms with Crippen LogP contribution < -0.4 is 10.6 Å². The summed E-state index contributed by atoms with van der Waals surface area (Å²) in [5, 5.41) is 3.11. The molecule has 0 unspecified atom stereocenters. The van der Waals surface area contributed by atoms with Crippen molar-refractivity contribution in [2.24, 2.45) is 0 Å². The Kier molecular flexibility index (Phi) is 7.43. The highest BCUT2D eigenvalue weighted by Gasteiger charge is 2.66. The number of carbonyl (C=O) groups is 2. The number of nitrogens with one attached hydrogen (secondary N) is 2. The average molecular weight is 304 g/mol. The van der Waals surface area contributed by atoms with E-state index in [1.807, 2.05) is 0 Å². The van der Waals surface area contributed by atoms with Crippen LogP contribution in [0.3, 0.4) is 0 Å². The molecule has 0 aromatic heterocycles. The molecule has 0 rings (SSSR count). The second-order valence-corrected chi connectivity index (χ2v) is 3.65. The van der Waals surface area contributed by atoms with E-state index in [1.165, 1.54) is 14.2 Å². The fraction of sp³-hybridized carbons (Fsp3) is 0.800. The van der Waals surface area contributed by atoms with Crippen LogP contribution in [0.4, 0.5) is 17.6 Å². The van der Waals surface area contributed by atoms with E-state index in [0.717, 1.165) is 0 Å². The van der Waals surface area contributed by atoms with Gasteiger partial charge in [0.05, 0.1) is 13.2 Å². The fourth-order valence-corrected chi connectivity index (χ4v) is 1.04. The summed E-state index contributed by atoms with van der Waals surface area (Å²) in [7, 11) is 2.48. The van der Waals surface area contributed by atoms with Crippen molar-refractivity contribution in [2.75, 3.05) is 40.5 Å². The third kappa shape index (κ3) is 4.60. The van der Waals surface area contributed by atoms with Gasteiger partial charge in [-0.1, -0.05) is 0 Å². The topological polar surface area (TPSA) is 76.7 Å². The standard InChI is InChI=1S/C10H16F4N2O4/c1-19-5-3-15-7(17)9(11,12)10(13,14)8(18)16-4-6-20-2/h3-6H2,1-2H3,(H,15,17)(H,16,18). The third-order valence-corrected chi connectivity index (χ3v) is 2.15. The molecule has 0 aliphatic rings. The molecule has 0 atom stereocenters. The molecule has 0 aromatic rings. The van der Waals surface area contributed by atoms with Gasteiger partial charge < -0.3 is 20.1 Å². The zero-order chi connectivity index (χ0) is 15.8. The van der Waals surface area contributed by atoms with Gasteiger partial charge in [0.25, 0.3) is 11.8 Å². The largest absolute Gasteiger partial charge is 0.395 e. The minimum Gasteiger partial charge on any atom is -0.383 e. The maximum absolute atomic E-state index is 13.3. The molecule has 0 saturated heterocycles. The summed E-state index contributed by atoms with van der Waals surface area (Å²) in [6, 6.07) is 0. The molecule has 0 aromatic carbocycles. The van der Waals surface area contributed by atoms with Crippen molar-refractivity contribution >= 4 is 11.8 Å². The number of rotatable bonds is 9. The number of amides is 2. The summed E-state index contributed by atoms with van der Waals surface area (Å²) >= 11 is 0. The number of ether oxygens (including phenoxy) is 2. The molecule has 0 heterocycles. The zero-order valence-electron chi connectivity index (χ0n) is 11.0. The van der Waals surface area contributed by atoms with E-state index in [1.54, 1.807) is 10.6 Å². The van der Waals surface area contributed by atoms with E-state index in [-0.39, 0.29) is 26.3 Å². The van der Waals surface area contributed by atoms with E-state index >= 15 is 0 Å². The molecular weight excluding hydrogens is 288 g/mol. The number of carbonyl (C=O) groups excluding carboxylic acids is 2. The minimum atomic E-state index is -5.17. The first-order valence-electron chi connectivity index (χ1n) is 5.52. The molecule has 0 spiro atoms. The first kappa shape index (κ1) is 18.6. The molecule has 2 N–H and O–H groups in total. The van der Waals surface area contributed by atoms with Crippen LogP contribution in [0.15, 0.2) is 0 Å². The molecule has 20 heavy (non-hydrogen) atoms. The van der Waals surface area contributed by atoms with Crippen LogP contribution in [0, 0.1) is 0 Å². The molecule has 0 aliphatic heterocycles. The Labute approximate surface area is 112 Å². The first-order valence-corrected chi connectivity index (χ1v) is 5.52. The summed E-state index contributed by atoms with van der Waals surface area (Å²) in [5.74, 6) is -14.8. The number of hydrogen-bond donors (Lipinski definition) is 2. The summed E-state index contributed by atoms with van der Waals surface area (Å²) in [5.41, 5.74) is 0. The maximum Gasteiger partial charge on any atom is 0.395 e. The number of hydrogen-bond acceptors (Lipinski definition) is 4. The first-order chi connectivity index (χ1) is 9.21. The predicted octanol–water partition coefficient (Wildman–Crippen LogP) is -0.218. The van der Waals surface area contributed by atoms with E-state index in [9.17, 15) is 27.2 Å². The fourth-order valence-electron chi connectivity index (χ4n) is 1.04. The monoisotopic (exact) mass is 304 g/mol. The second-order valence-electron chi connectivity index (χ2n) is 3.65. The molecule has 0 saturated carbocycles. The lowest BCUT2D eigenvalue weighted by atomic mass is 10.1. The molecule has 0 radical (unpaired) electrons. The van der Waals surface area contributed by atoms with Gasteiger partial charge >= 0.3 is 11.8 Å². The Morgan fingerprint density at radius 1 is 0.850 bits per heavy atom. The lowest BCUT2D eigenvalue weighted by Gasteiger charge is -2.24.